The molecule has 3 aromatic rings. The van der Waals surface area contributed by atoms with Crippen molar-refractivity contribution in [3.63, 3.8) is 0 Å². The quantitative estimate of drug-likeness (QED) is 0.561. The molecule has 0 bridgehead atoms. The van der Waals surface area contributed by atoms with Gasteiger partial charge < -0.3 is 15.7 Å². The van der Waals surface area contributed by atoms with E-state index in [2.05, 4.69) is 31.7 Å². The van der Waals surface area contributed by atoms with Gasteiger partial charge in [0.1, 0.15) is 5.82 Å². The van der Waals surface area contributed by atoms with Crippen LogP contribution in [0.2, 0.25) is 0 Å². The van der Waals surface area contributed by atoms with Crippen LogP contribution >= 0.6 is 11.8 Å². The smallest absolute Gasteiger partial charge is 0.225 e. The van der Waals surface area contributed by atoms with E-state index in [-0.39, 0.29) is 6.61 Å². The number of aliphatic hydroxyl groups excluding tert-OH is 1. The Hall–Kier alpha value is -2.64. The van der Waals surface area contributed by atoms with Crippen molar-refractivity contribution >= 4 is 29.2 Å². The molecule has 6 nitrogen and oxygen atoms in total. The maximum absolute atomic E-state index is 9.04. The van der Waals surface area contributed by atoms with Crippen LogP contribution in [-0.2, 0) is 0 Å². The second-order valence-corrected chi connectivity index (χ2v) is 6.03. The third-order valence-electron chi connectivity index (χ3n) is 3.45. The van der Waals surface area contributed by atoms with E-state index >= 15 is 0 Å². The molecule has 2 heterocycles. The monoisotopic (exact) mass is 353 g/mol. The highest BCUT2D eigenvalue weighted by Crippen LogP contribution is 2.29. The number of thioether (sulfide) groups is 1. The summed E-state index contributed by atoms with van der Waals surface area (Å²) in [5.74, 6) is 1.13. The minimum Gasteiger partial charge on any atom is -0.395 e. The lowest BCUT2D eigenvalue weighted by molar-refractivity contribution is 0.311. The van der Waals surface area contributed by atoms with E-state index in [0.29, 0.717) is 18.3 Å². The number of benzene rings is 1. The lowest BCUT2D eigenvalue weighted by Gasteiger charge is -2.13. The molecule has 0 saturated carbocycles. The van der Waals surface area contributed by atoms with Crippen LogP contribution in [-0.4, -0.2) is 39.5 Å². The maximum Gasteiger partial charge on any atom is 0.225 e. The van der Waals surface area contributed by atoms with Crippen LogP contribution in [0.4, 0.5) is 17.5 Å². The van der Waals surface area contributed by atoms with Crippen molar-refractivity contribution in [2.75, 3.05) is 30.0 Å². The summed E-state index contributed by atoms with van der Waals surface area (Å²) in [4.78, 5) is 14.3. The Balaban J connectivity index is 1.97. The van der Waals surface area contributed by atoms with Crippen LogP contribution in [0.3, 0.4) is 0 Å². The first-order valence-electron chi connectivity index (χ1n) is 7.84. The number of para-hydroxylation sites is 1. The highest BCUT2D eigenvalue weighted by Gasteiger charge is 2.09. The molecule has 0 aliphatic rings. The normalized spacial score (nSPS) is 10.5. The van der Waals surface area contributed by atoms with Crippen LogP contribution < -0.4 is 10.6 Å². The fourth-order valence-electron chi connectivity index (χ4n) is 2.31. The summed E-state index contributed by atoms with van der Waals surface area (Å²) in [6, 6.07) is 13.8. The maximum atomic E-state index is 9.04. The number of anilines is 3. The third kappa shape index (κ3) is 4.46. The summed E-state index contributed by atoms with van der Waals surface area (Å²) in [5.41, 5.74) is 2.64. The van der Waals surface area contributed by atoms with E-state index in [0.717, 1.165) is 21.8 Å². The Morgan fingerprint density at radius 3 is 2.76 bits per heavy atom. The van der Waals surface area contributed by atoms with Gasteiger partial charge in [-0.25, -0.2) is 4.98 Å². The Labute approximate surface area is 150 Å². The Morgan fingerprint density at radius 1 is 1.12 bits per heavy atom. The standard InChI is InChI=1S/C18H19N5OS/c1-25-16-7-3-2-6-14(16)21-17-11-15(13-5-4-8-19-12-13)22-18(23-17)20-9-10-24/h2-8,11-12,24H,9-10H2,1H3,(H2,20,21,22,23). The van der Waals surface area contributed by atoms with Crippen LogP contribution in [0.25, 0.3) is 11.3 Å². The molecule has 0 aliphatic heterocycles. The van der Waals surface area contributed by atoms with Gasteiger partial charge in [0.2, 0.25) is 5.95 Å². The van der Waals surface area contributed by atoms with Crippen LogP contribution in [0, 0.1) is 0 Å². The van der Waals surface area contributed by atoms with Crippen LogP contribution in [0.15, 0.2) is 59.8 Å². The van der Waals surface area contributed by atoms with Gasteiger partial charge in [-0.3, -0.25) is 4.98 Å². The summed E-state index contributed by atoms with van der Waals surface area (Å²) in [7, 11) is 0. The zero-order valence-corrected chi connectivity index (χ0v) is 14.6. The molecule has 0 atom stereocenters. The lowest BCUT2D eigenvalue weighted by atomic mass is 10.2. The Bertz CT molecular complexity index is 829. The Kier molecular flexibility index (Phi) is 5.81. The number of hydrogen-bond donors (Lipinski definition) is 3. The molecule has 0 spiro atoms. The minimum absolute atomic E-state index is 0.0125. The molecule has 128 valence electrons. The summed E-state index contributed by atoms with van der Waals surface area (Å²) in [6.07, 6.45) is 5.52. The van der Waals surface area contributed by atoms with E-state index < -0.39 is 0 Å². The second-order valence-electron chi connectivity index (χ2n) is 5.18. The van der Waals surface area contributed by atoms with Gasteiger partial charge in [0.05, 0.1) is 18.0 Å². The number of rotatable bonds is 7. The van der Waals surface area contributed by atoms with Crippen LogP contribution in [0.1, 0.15) is 0 Å². The predicted octanol–water partition coefficient (Wildman–Crippen LogP) is 3.41. The van der Waals surface area contributed by atoms with E-state index in [1.165, 1.54) is 0 Å². The number of pyridine rings is 1. The van der Waals surface area contributed by atoms with Crippen LogP contribution in [0.5, 0.6) is 0 Å². The molecule has 25 heavy (non-hydrogen) atoms. The first-order valence-corrected chi connectivity index (χ1v) is 9.07. The number of aromatic nitrogens is 3. The van der Waals surface area contributed by atoms with Gasteiger partial charge in [-0.1, -0.05) is 12.1 Å². The van der Waals surface area contributed by atoms with Gasteiger partial charge in [0, 0.05) is 35.5 Å². The molecule has 3 rings (SSSR count). The number of aliphatic hydroxyl groups is 1. The zero-order chi connectivity index (χ0) is 17.5. The van der Waals surface area contributed by atoms with Crippen molar-refractivity contribution in [3.05, 3.63) is 54.9 Å². The van der Waals surface area contributed by atoms with E-state index in [9.17, 15) is 0 Å². The molecule has 0 saturated heterocycles. The number of nitrogens with one attached hydrogen (secondary N) is 2. The molecule has 0 radical (unpaired) electrons. The minimum atomic E-state index is 0.0125. The van der Waals surface area contributed by atoms with Gasteiger partial charge in [-0.2, -0.15) is 4.98 Å². The molecule has 2 aromatic heterocycles. The van der Waals surface area contributed by atoms with E-state index in [4.69, 9.17) is 5.11 Å². The highest BCUT2D eigenvalue weighted by atomic mass is 32.2. The summed E-state index contributed by atoms with van der Waals surface area (Å²) in [5, 5.41) is 15.4. The average Bonchev–Trinajstić information content (AvgIpc) is 2.67. The predicted molar refractivity (Wildman–Crippen MR) is 102 cm³/mol. The summed E-state index contributed by atoms with van der Waals surface area (Å²) >= 11 is 1.67. The molecule has 1 aromatic carbocycles. The van der Waals surface area contributed by atoms with Gasteiger partial charge in [-0.05, 0) is 30.5 Å². The largest absolute Gasteiger partial charge is 0.395 e. The molecule has 7 heteroatoms. The number of hydrogen-bond acceptors (Lipinski definition) is 7. The van der Waals surface area contributed by atoms with Gasteiger partial charge in [-0.15, -0.1) is 11.8 Å². The van der Waals surface area contributed by atoms with E-state index in [1.807, 2.05) is 42.7 Å². The van der Waals surface area contributed by atoms with Crippen molar-refractivity contribution in [3.8, 4) is 11.3 Å². The summed E-state index contributed by atoms with van der Waals surface area (Å²) < 4.78 is 0. The molecule has 0 fully saturated rings. The van der Waals surface area contributed by atoms with Crippen molar-refractivity contribution in [1.82, 2.24) is 15.0 Å². The molecule has 0 aliphatic carbocycles. The highest BCUT2D eigenvalue weighted by molar-refractivity contribution is 7.98. The second kappa shape index (κ2) is 8.46. The van der Waals surface area contributed by atoms with Crippen molar-refractivity contribution in [1.29, 1.82) is 0 Å². The first kappa shape index (κ1) is 17.2. The Morgan fingerprint density at radius 2 is 2.00 bits per heavy atom. The molecule has 3 N–H and O–H groups in total. The number of nitrogens with zero attached hydrogens (tertiary/aromatic N) is 3. The fraction of sp³-hybridized carbons (Fsp3) is 0.167. The van der Waals surface area contributed by atoms with Gasteiger partial charge in [0.15, 0.2) is 0 Å². The molecule has 0 unspecified atom stereocenters. The van der Waals surface area contributed by atoms with Crippen molar-refractivity contribution < 1.29 is 5.11 Å². The summed E-state index contributed by atoms with van der Waals surface area (Å²) in [6.45, 7) is 0.399. The third-order valence-corrected chi connectivity index (χ3v) is 4.24. The SMILES string of the molecule is CSc1ccccc1Nc1cc(-c2cccnc2)nc(NCCO)n1. The topological polar surface area (TPSA) is 83.0 Å². The fourth-order valence-corrected chi connectivity index (χ4v) is 2.86. The lowest BCUT2D eigenvalue weighted by Crippen LogP contribution is -2.10. The zero-order valence-electron chi connectivity index (χ0n) is 13.8. The van der Waals surface area contributed by atoms with Crippen molar-refractivity contribution in [2.45, 2.75) is 4.90 Å². The van der Waals surface area contributed by atoms with E-state index in [1.54, 1.807) is 24.2 Å². The molecular formula is C18H19N5OS. The molecular weight excluding hydrogens is 334 g/mol. The average molecular weight is 353 g/mol. The van der Waals surface area contributed by atoms with Crippen molar-refractivity contribution in [2.24, 2.45) is 0 Å². The van der Waals surface area contributed by atoms with Gasteiger partial charge >= 0.3 is 0 Å². The first-order chi connectivity index (χ1) is 12.3. The molecule has 0 amide bonds. The van der Waals surface area contributed by atoms with Gasteiger partial charge in [0.25, 0.3) is 0 Å².